The first-order chi connectivity index (χ1) is 22.9. The summed E-state index contributed by atoms with van der Waals surface area (Å²) in [5.41, 5.74) is -0.0719. The summed E-state index contributed by atoms with van der Waals surface area (Å²) in [7, 11) is 1.42. The molecule has 0 saturated carbocycles. The highest BCUT2D eigenvalue weighted by Crippen LogP contribution is 2.37. The van der Waals surface area contributed by atoms with Crippen LogP contribution in [0.2, 0.25) is 5.02 Å². The van der Waals surface area contributed by atoms with Gasteiger partial charge in [-0.05, 0) is 62.7 Å². The molecule has 16 heteroatoms. The van der Waals surface area contributed by atoms with Crippen LogP contribution in [0.3, 0.4) is 0 Å². The molecule has 4 aromatic rings. The van der Waals surface area contributed by atoms with E-state index in [2.05, 4.69) is 25.7 Å². The molecule has 2 saturated heterocycles. The van der Waals surface area contributed by atoms with E-state index in [9.17, 15) is 27.6 Å². The summed E-state index contributed by atoms with van der Waals surface area (Å²) < 4.78 is 44.3. The minimum atomic E-state index is -4.79. The van der Waals surface area contributed by atoms with Crippen molar-refractivity contribution in [2.24, 2.45) is 13.0 Å². The van der Waals surface area contributed by atoms with Crippen molar-refractivity contribution in [1.82, 2.24) is 39.4 Å². The van der Waals surface area contributed by atoms with E-state index in [1.807, 2.05) is 4.90 Å². The maximum atomic E-state index is 14.0. The Kier molecular flexibility index (Phi) is 9.25. The summed E-state index contributed by atoms with van der Waals surface area (Å²) in [4.78, 5) is 51.1. The zero-order valence-corrected chi connectivity index (χ0v) is 27.0. The first kappa shape index (κ1) is 33.2. The summed E-state index contributed by atoms with van der Waals surface area (Å²) in [5, 5.41) is 9.76. The Morgan fingerprint density at radius 2 is 1.69 bits per heavy atom. The van der Waals surface area contributed by atoms with Gasteiger partial charge in [0.2, 0.25) is 5.91 Å². The van der Waals surface area contributed by atoms with Crippen LogP contribution < -0.4 is 10.6 Å². The maximum absolute atomic E-state index is 14.0. The largest absolute Gasteiger partial charge is 0.435 e. The molecule has 5 heterocycles. The van der Waals surface area contributed by atoms with Gasteiger partial charge in [-0.15, -0.1) is 0 Å². The highest BCUT2D eigenvalue weighted by Gasteiger charge is 2.39. The number of rotatable bonds is 6. The van der Waals surface area contributed by atoms with Crippen molar-refractivity contribution >= 4 is 35.0 Å². The summed E-state index contributed by atoms with van der Waals surface area (Å²) in [6.07, 6.45) is 0.727. The lowest BCUT2D eigenvalue weighted by molar-refractivity contribution is -0.141. The van der Waals surface area contributed by atoms with Gasteiger partial charge in [0, 0.05) is 57.2 Å². The third-order valence-corrected chi connectivity index (χ3v) is 8.92. The number of aryl methyl sites for hydroxylation is 1. The molecule has 252 valence electrons. The molecule has 2 fully saturated rings. The number of hydrogen-bond donors (Lipinski definition) is 2. The highest BCUT2D eigenvalue weighted by atomic mass is 35.5. The molecular weight excluding hydrogens is 651 g/mol. The standard InChI is InChI=1S/C32H33ClF3N9O3/c1-19-3-6-26(38-16-19)45-18-23(27(41-45)32(34,35)36)25-17-39-28(42(25)2)29(46)40-21-4-5-22(24(33)15-21)31(48)44-13-11-43(12-14-44)30(47)20-7-9-37-10-8-20/h3-6,15-18,20,37H,7-14H2,1-2H3,(H,40,46). The number of alkyl halides is 3. The van der Waals surface area contributed by atoms with E-state index >= 15 is 0 Å². The summed E-state index contributed by atoms with van der Waals surface area (Å²) in [6, 6.07) is 7.70. The average molecular weight is 684 g/mol. The molecule has 0 aliphatic carbocycles. The van der Waals surface area contributed by atoms with Crippen molar-refractivity contribution in [3.05, 3.63) is 76.6 Å². The van der Waals surface area contributed by atoms with Crippen LogP contribution in [0.5, 0.6) is 0 Å². The third-order valence-electron chi connectivity index (χ3n) is 8.60. The predicted molar refractivity (Wildman–Crippen MR) is 171 cm³/mol. The number of pyridine rings is 1. The van der Waals surface area contributed by atoms with Gasteiger partial charge in [0.25, 0.3) is 11.8 Å². The van der Waals surface area contributed by atoms with Gasteiger partial charge in [0.1, 0.15) is 0 Å². The summed E-state index contributed by atoms with van der Waals surface area (Å²) >= 11 is 6.48. The smallest absolute Gasteiger partial charge is 0.339 e. The van der Waals surface area contributed by atoms with Crippen LogP contribution in [0.25, 0.3) is 17.1 Å². The number of imidazole rings is 1. The van der Waals surface area contributed by atoms with Crippen molar-refractivity contribution in [3.8, 4) is 17.1 Å². The Balaban J connectivity index is 1.13. The van der Waals surface area contributed by atoms with Gasteiger partial charge in [0.05, 0.1) is 28.0 Å². The SMILES string of the molecule is Cc1ccc(-n2cc(-c3cnc(C(=O)Nc4ccc(C(=O)N5CCN(C(=O)C6CCNCC6)CC5)c(Cl)c4)n3C)c(C(F)(F)F)n2)nc1. The number of hydrogen-bond acceptors (Lipinski definition) is 7. The molecule has 2 N–H and O–H groups in total. The Bertz CT molecular complexity index is 1840. The molecule has 0 unspecified atom stereocenters. The van der Waals surface area contributed by atoms with E-state index in [1.165, 1.54) is 48.4 Å². The zero-order valence-electron chi connectivity index (χ0n) is 26.2. The van der Waals surface area contributed by atoms with Gasteiger partial charge in [-0.3, -0.25) is 14.4 Å². The van der Waals surface area contributed by atoms with E-state index in [-0.39, 0.29) is 56.9 Å². The Morgan fingerprint density at radius 1 is 0.979 bits per heavy atom. The van der Waals surface area contributed by atoms with E-state index in [0.29, 0.717) is 26.2 Å². The normalized spacial score (nSPS) is 15.9. The second-order valence-electron chi connectivity index (χ2n) is 11.8. The summed E-state index contributed by atoms with van der Waals surface area (Å²) in [5.74, 6) is -0.802. The molecule has 12 nitrogen and oxygen atoms in total. The molecule has 3 aromatic heterocycles. The monoisotopic (exact) mass is 683 g/mol. The van der Waals surface area contributed by atoms with E-state index in [4.69, 9.17) is 11.6 Å². The van der Waals surface area contributed by atoms with E-state index in [0.717, 1.165) is 36.2 Å². The Labute approximate surface area is 278 Å². The number of carbonyl (C=O) groups is 3. The van der Waals surface area contributed by atoms with E-state index in [1.54, 1.807) is 24.0 Å². The van der Waals surface area contributed by atoms with Crippen LogP contribution >= 0.6 is 11.6 Å². The molecule has 6 rings (SSSR count). The van der Waals surface area contributed by atoms with Crippen molar-refractivity contribution in [3.63, 3.8) is 0 Å². The lowest BCUT2D eigenvalue weighted by atomic mass is 9.96. The van der Waals surface area contributed by atoms with Gasteiger partial charge < -0.3 is 25.0 Å². The molecule has 2 aliphatic heterocycles. The molecule has 48 heavy (non-hydrogen) atoms. The molecule has 0 bridgehead atoms. The van der Waals surface area contributed by atoms with Gasteiger partial charge in [0.15, 0.2) is 17.3 Å². The van der Waals surface area contributed by atoms with Crippen molar-refractivity contribution in [2.75, 3.05) is 44.6 Å². The number of piperidine rings is 1. The highest BCUT2D eigenvalue weighted by molar-refractivity contribution is 6.34. The second kappa shape index (κ2) is 13.4. The number of anilines is 1. The number of benzene rings is 1. The van der Waals surface area contributed by atoms with Gasteiger partial charge in [-0.2, -0.15) is 18.3 Å². The van der Waals surface area contributed by atoms with Crippen LogP contribution in [-0.4, -0.2) is 91.1 Å². The van der Waals surface area contributed by atoms with Gasteiger partial charge in [-0.1, -0.05) is 17.7 Å². The third kappa shape index (κ3) is 6.78. The van der Waals surface area contributed by atoms with Gasteiger partial charge >= 0.3 is 6.18 Å². The number of aromatic nitrogens is 5. The topological polar surface area (TPSA) is 130 Å². The number of carbonyl (C=O) groups excluding carboxylic acids is 3. The molecule has 0 radical (unpaired) electrons. The minimum absolute atomic E-state index is 0.0149. The fourth-order valence-electron chi connectivity index (χ4n) is 5.94. The minimum Gasteiger partial charge on any atom is -0.339 e. The number of halogens is 4. The van der Waals surface area contributed by atoms with Crippen LogP contribution in [0.1, 0.15) is 45.1 Å². The van der Waals surface area contributed by atoms with Crippen LogP contribution in [0.4, 0.5) is 18.9 Å². The molecular formula is C32H33ClF3N9O3. The number of nitrogens with one attached hydrogen (secondary N) is 2. The Hall–Kier alpha value is -4.76. The van der Waals surface area contributed by atoms with Crippen molar-refractivity contribution in [1.29, 1.82) is 0 Å². The lowest BCUT2D eigenvalue weighted by Gasteiger charge is -2.37. The Morgan fingerprint density at radius 3 is 2.33 bits per heavy atom. The molecule has 0 spiro atoms. The molecule has 2 aliphatic rings. The maximum Gasteiger partial charge on any atom is 0.435 e. The van der Waals surface area contributed by atoms with Crippen molar-refractivity contribution < 1.29 is 27.6 Å². The van der Waals surface area contributed by atoms with Crippen molar-refractivity contribution in [2.45, 2.75) is 25.9 Å². The number of piperazine rings is 1. The average Bonchev–Trinajstić information content (AvgIpc) is 3.69. The first-order valence-electron chi connectivity index (χ1n) is 15.4. The quantitative estimate of drug-likeness (QED) is 0.312. The number of amides is 3. The fraction of sp³-hybridized carbons (Fsp3) is 0.375. The van der Waals surface area contributed by atoms with Gasteiger partial charge in [-0.25, -0.2) is 14.6 Å². The number of nitrogens with zero attached hydrogens (tertiary/aromatic N) is 7. The lowest BCUT2D eigenvalue weighted by Crippen LogP contribution is -2.52. The zero-order chi connectivity index (χ0) is 34.2. The van der Waals surface area contributed by atoms with Crippen LogP contribution in [-0.2, 0) is 18.0 Å². The molecule has 3 amide bonds. The molecule has 0 atom stereocenters. The fourth-order valence-corrected chi connectivity index (χ4v) is 6.20. The second-order valence-corrected chi connectivity index (χ2v) is 12.3. The van der Waals surface area contributed by atoms with E-state index < -0.39 is 17.8 Å². The summed E-state index contributed by atoms with van der Waals surface area (Å²) in [6.45, 7) is 5.11. The first-order valence-corrected chi connectivity index (χ1v) is 15.8. The predicted octanol–water partition coefficient (Wildman–Crippen LogP) is 4.18. The molecule has 1 aromatic carbocycles. The van der Waals surface area contributed by atoms with Crippen LogP contribution in [0.15, 0.2) is 48.9 Å². The van der Waals surface area contributed by atoms with Crippen LogP contribution in [0, 0.1) is 12.8 Å².